The van der Waals surface area contributed by atoms with Crippen molar-refractivity contribution >= 4 is 46.6 Å². The first-order chi connectivity index (χ1) is 17.5. The molecule has 5 unspecified atom stereocenters. The standard InChI is InChI=1S/C26H22N2O6S2/c1-2-33-25(31)11-5-7-12(8-6-11)28-23(29)17-13-10-14(18(17)24(28)30)20-16(13)19(15-4-3-9-34-15)21-22(35-20)27-26(32)36-21/h3-9,13-14,16-20H,2,10H2,1H3,(H,27,32)/t13-,14-,16?,17?,18?,19?,20?/m1/s1. The second kappa shape index (κ2) is 7.94. The van der Waals surface area contributed by atoms with Gasteiger partial charge in [-0.15, -0.1) is 11.8 Å². The first-order valence-corrected chi connectivity index (χ1v) is 13.8. The van der Waals surface area contributed by atoms with Crippen molar-refractivity contribution in [3.05, 3.63) is 68.5 Å². The highest BCUT2D eigenvalue weighted by Crippen LogP contribution is 2.68. The average Bonchev–Trinajstić information content (AvgIpc) is 3.67. The number of imide groups is 1. The number of nitrogens with one attached hydrogen (secondary N) is 1. The Labute approximate surface area is 214 Å². The van der Waals surface area contributed by atoms with Crippen LogP contribution in [0.1, 0.15) is 40.3 Å². The summed E-state index contributed by atoms with van der Waals surface area (Å²) in [4.78, 5) is 56.9. The number of carbonyl (C=O) groups is 3. The molecule has 2 aliphatic carbocycles. The van der Waals surface area contributed by atoms with Gasteiger partial charge in [-0.05, 0) is 67.5 Å². The van der Waals surface area contributed by atoms with Crippen molar-refractivity contribution in [2.45, 2.75) is 29.5 Å². The van der Waals surface area contributed by atoms with Crippen molar-refractivity contribution in [3.8, 4) is 0 Å². The minimum Gasteiger partial charge on any atom is -0.469 e. The molecule has 3 aromatic rings. The number of anilines is 1. The first-order valence-electron chi connectivity index (χ1n) is 12.1. The Hall–Kier alpha value is -3.11. The molecule has 4 aliphatic rings. The Kier molecular flexibility index (Phi) is 4.88. The summed E-state index contributed by atoms with van der Waals surface area (Å²) in [5, 5.41) is 0.979. The van der Waals surface area contributed by atoms with Gasteiger partial charge in [-0.3, -0.25) is 19.3 Å². The van der Waals surface area contributed by atoms with E-state index < -0.39 is 5.97 Å². The Morgan fingerprint density at radius 1 is 1.11 bits per heavy atom. The van der Waals surface area contributed by atoms with Crippen LogP contribution in [0.5, 0.6) is 0 Å². The maximum Gasteiger partial charge on any atom is 0.338 e. The van der Waals surface area contributed by atoms with E-state index in [1.165, 1.54) is 16.2 Å². The highest BCUT2D eigenvalue weighted by Gasteiger charge is 2.70. The van der Waals surface area contributed by atoms with Gasteiger partial charge in [0.05, 0.1) is 51.8 Å². The van der Waals surface area contributed by atoms with Crippen molar-refractivity contribution in [2.24, 2.45) is 29.6 Å². The quantitative estimate of drug-likeness (QED) is 0.409. The van der Waals surface area contributed by atoms with Gasteiger partial charge in [0.15, 0.2) is 0 Å². The molecule has 36 heavy (non-hydrogen) atoms. The molecule has 3 fully saturated rings. The number of amides is 2. The molecule has 2 aromatic heterocycles. The minimum atomic E-state index is -0.436. The molecule has 1 saturated heterocycles. The van der Waals surface area contributed by atoms with Crippen LogP contribution < -0.4 is 9.77 Å². The summed E-state index contributed by atoms with van der Waals surface area (Å²) in [6.07, 6.45) is 2.46. The van der Waals surface area contributed by atoms with Gasteiger partial charge in [0.1, 0.15) is 5.76 Å². The van der Waals surface area contributed by atoms with Gasteiger partial charge in [-0.1, -0.05) is 11.3 Å². The van der Waals surface area contributed by atoms with Crippen LogP contribution in [-0.2, 0) is 14.3 Å². The van der Waals surface area contributed by atoms with Crippen LogP contribution >= 0.6 is 23.1 Å². The first kappa shape index (κ1) is 22.1. The average molecular weight is 523 g/mol. The highest BCUT2D eigenvalue weighted by atomic mass is 32.2. The van der Waals surface area contributed by atoms with Gasteiger partial charge in [0, 0.05) is 5.25 Å². The number of fused-ring (bicyclic) bond motifs is 9. The normalized spacial score (nSPS) is 31.9. The summed E-state index contributed by atoms with van der Waals surface area (Å²) < 4.78 is 10.9. The Morgan fingerprint density at radius 3 is 2.56 bits per heavy atom. The number of H-pyrrole nitrogens is 1. The topological polar surface area (TPSA) is 110 Å². The van der Waals surface area contributed by atoms with Gasteiger partial charge in [0.25, 0.3) is 0 Å². The third-order valence-corrected chi connectivity index (χ3v) is 10.8. The van der Waals surface area contributed by atoms with Gasteiger partial charge in [-0.2, -0.15) is 0 Å². The van der Waals surface area contributed by atoms with Gasteiger partial charge in [-0.25, -0.2) is 4.79 Å². The fraction of sp³-hybridized carbons (Fsp3) is 0.385. The molecular formula is C26H22N2O6S2. The largest absolute Gasteiger partial charge is 0.469 e. The number of furan rings is 1. The Bertz CT molecular complexity index is 1440. The second-order valence-electron chi connectivity index (χ2n) is 9.76. The van der Waals surface area contributed by atoms with E-state index in [1.807, 2.05) is 12.1 Å². The van der Waals surface area contributed by atoms with Gasteiger partial charge >= 0.3 is 10.8 Å². The predicted octanol–water partition coefficient (Wildman–Crippen LogP) is 3.88. The van der Waals surface area contributed by atoms with Crippen LogP contribution in [0.4, 0.5) is 5.69 Å². The maximum atomic E-state index is 13.8. The molecule has 2 aliphatic heterocycles. The molecule has 184 valence electrons. The number of hydrogen-bond donors (Lipinski definition) is 1. The molecule has 1 N–H and O–H groups in total. The summed E-state index contributed by atoms with van der Waals surface area (Å²) in [5.74, 6) is -0.661. The van der Waals surface area contributed by atoms with Crippen LogP contribution in [0.25, 0.3) is 0 Å². The summed E-state index contributed by atoms with van der Waals surface area (Å²) in [6, 6.07) is 10.2. The molecule has 1 aromatic carbocycles. The zero-order valence-corrected chi connectivity index (χ0v) is 20.8. The molecule has 0 spiro atoms. The molecule has 8 nitrogen and oxygen atoms in total. The van der Waals surface area contributed by atoms with E-state index in [1.54, 1.807) is 49.2 Å². The number of ether oxygens (including phenoxy) is 1. The van der Waals surface area contributed by atoms with E-state index in [-0.39, 0.29) is 64.1 Å². The zero-order chi connectivity index (χ0) is 24.7. The van der Waals surface area contributed by atoms with E-state index in [0.717, 1.165) is 22.1 Å². The lowest BCUT2D eigenvalue weighted by atomic mass is 9.69. The molecule has 2 saturated carbocycles. The van der Waals surface area contributed by atoms with E-state index >= 15 is 0 Å². The number of nitrogens with zero attached hydrogens (tertiary/aromatic N) is 1. The van der Waals surface area contributed by atoms with Crippen molar-refractivity contribution in [2.75, 3.05) is 11.5 Å². The maximum absolute atomic E-state index is 13.8. The molecule has 2 bridgehead atoms. The Morgan fingerprint density at radius 2 is 1.86 bits per heavy atom. The number of thiazole rings is 1. The van der Waals surface area contributed by atoms with E-state index in [4.69, 9.17) is 9.15 Å². The number of aromatic amines is 1. The van der Waals surface area contributed by atoms with Crippen molar-refractivity contribution in [1.82, 2.24) is 4.98 Å². The molecule has 7 rings (SSSR count). The minimum absolute atomic E-state index is 0.0261. The van der Waals surface area contributed by atoms with Crippen LogP contribution in [0.2, 0.25) is 0 Å². The van der Waals surface area contributed by atoms with E-state index in [0.29, 0.717) is 11.3 Å². The fourth-order valence-corrected chi connectivity index (χ4v) is 9.89. The number of thioether (sulfide) groups is 1. The SMILES string of the molecule is CCOC(=O)c1ccc(N2C(=O)C3C(C2=O)[C@@H]2C[C@H]3C3Sc4[nH]c(=O)sc4C(c4ccco4)C32)cc1. The third-order valence-electron chi connectivity index (χ3n) is 8.21. The van der Waals surface area contributed by atoms with Gasteiger partial charge in [0.2, 0.25) is 11.8 Å². The summed E-state index contributed by atoms with van der Waals surface area (Å²) in [6.45, 7) is 2.01. The molecule has 2 amide bonds. The van der Waals surface area contributed by atoms with Crippen molar-refractivity contribution in [1.29, 1.82) is 0 Å². The lowest BCUT2D eigenvalue weighted by Crippen LogP contribution is -2.42. The van der Waals surface area contributed by atoms with Crippen molar-refractivity contribution in [3.63, 3.8) is 0 Å². The monoisotopic (exact) mass is 522 g/mol. The van der Waals surface area contributed by atoms with E-state index in [2.05, 4.69) is 4.98 Å². The summed E-state index contributed by atoms with van der Waals surface area (Å²) >= 11 is 2.86. The number of esters is 1. The van der Waals surface area contributed by atoms with Crippen molar-refractivity contribution < 1.29 is 23.5 Å². The molecule has 10 heteroatoms. The number of hydrogen-bond acceptors (Lipinski definition) is 8. The van der Waals surface area contributed by atoms with Crippen LogP contribution in [0.3, 0.4) is 0 Å². The summed E-state index contributed by atoms with van der Waals surface area (Å²) in [5.41, 5.74) is 0.859. The molecular weight excluding hydrogens is 500 g/mol. The predicted molar refractivity (Wildman–Crippen MR) is 132 cm³/mol. The lowest BCUT2D eigenvalue weighted by Gasteiger charge is -2.42. The zero-order valence-electron chi connectivity index (χ0n) is 19.2. The Balaban J connectivity index is 1.24. The fourth-order valence-electron chi connectivity index (χ4n) is 7.02. The summed E-state index contributed by atoms with van der Waals surface area (Å²) in [7, 11) is 0. The van der Waals surface area contributed by atoms with E-state index in [9.17, 15) is 19.2 Å². The molecule has 4 heterocycles. The smallest absolute Gasteiger partial charge is 0.338 e. The molecule has 7 atom stereocenters. The number of benzene rings is 1. The number of carbonyl (C=O) groups excluding carboxylic acids is 3. The third kappa shape index (κ3) is 2.94. The second-order valence-corrected chi connectivity index (χ2v) is 12.0. The van der Waals surface area contributed by atoms with Crippen LogP contribution in [0, 0.1) is 29.6 Å². The van der Waals surface area contributed by atoms with Crippen LogP contribution in [0.15, 0.2) is 56.9 Å². The number of rotatable bonds is 4. The lowest BCUT2D eigenvalue weighted by molar-refractivity contribution is -0.123. The highest BCUT2D eigenvalue weighted by molar-refractivity contribution is 8.00. The molecule has 0 radical (unpaired) electrons. The number of aromatic nitrogens is 1. The van der Waals surface area contributed by atoms with Gasteiger partial charge < -0.3 is 14.1 Å². The van der Waals surface area contributed by atoms with Crippen LogP contribution in [-0.4, -0.2) is 34.6 Å².